The van der Waals surface area contributed by atoms with Gasteiger partial charge in [0.2, 0.25) is 5.91 Å². The lowest BCUT2D eigenvalue weighted by Crippen LogP contribution is -2.43. The number of rotatable bonds is 9. The molecule has 1 aromatic rings. The van der Waals surface area contributed by atoms with Gasteiger partial charge in [-0.3, -0.25) is 9.79 Å². The van der Waals surface area contributed by atoms with Gasteiger partial charge >= 0.3 is 0 Å². The Bertz CT molecular complexity index is 695. The van der Waals surface area contributed by atoms with Gasteiger partial charge in [0.05, 0.1) is 24.2 Å². The highest BCUT2D eigenvalue weighted by Crippen LogP contribution is 2.39. The summed E-state index contributed by atoms with van der Waals surface area (Å²) < 4.78 is 5.65. The lowest BCUT2D eigenvalue weighted by atomic mass is 9.85. The molecule has 7 nitrogen and oxygen atoms in total. The molecule has 0 bridgehead atoms. The number of nitrogens with zero attached hydrogens (tertiary/aromatic N) is 2. The van der Waals surface area contributed by atoms with Crippen LogP contribution in [-0.4, -0.2) is 61.7 Å². The molecule has 0 saturated heterocycles. The maximum absolute atomic E-state index is 12.7. The van der Waals surface area contributed by atoms with Crippen molar-refractivity contribution in [2.75, 3.05) is 33.7 Å². The number of carbonyl (C=O) groups is 1. The Labute approximate surface area is 180 Å². The number of guanidine groups is 1. The zero-order chi connectivity index (χ0) is 22.1. The van der Waals surface area contributed by atoms with E-state index in [4.69, 9.17) is 9.73 Å². The number of nitrogens with one attached hydrogen (secondary N) is 2. The summed E-state index contributed by atoms with van der Waals surface area (Å²) in [6.07, 6.45) is 3.32. The molecule has 0 aliphatic heterocycles. The summed E-state index contributed by atoms with van der Waals surface area (Å²) in [5, 5.41) is 17.0. The first kappa shape index (κ1) is 24.0. The minimum atomic E-state index is -0.675. The number of ether oxygens (including phenoxy) is 1. The van der Waals surface area contributed by atoms with Crippen LogP contribution in [0.5, 0.6) is 5.75 Å². The van der Waals surface area contributed by atoms with Crippen LogP contribution in [0.2, 0.25) is 0 Å². The van der Waals surface area contributed by atoms with Gasteiger partial charge in [-0.05, 0) is 51.3 Å². The molecule has 1 aliphatic rings. The molecule has 1 saturated carbocycles. The maximum atomic E-state index is 12.7. The monoisotopic (exact) mass is 418 g/mol. The minimum Gasteiger partial charge on any atom is -0.491 e. The lowest BCUT2D eigenvalue weighted by Gasteiger charge is -2.29. The fourth-order valence-corrected chi connectivity index (χ4v) is 3.89. The van der Waals surface area contributed by atoms with Crippen molar-refractivity contribution in [1.29, 1.82) is 0 Å². The molecule has 0 spiro atoms. The molecule has 2 rings (SSSR count). The van der Waals surface area contributed by atoms with Gasteiger partial charge in [-0.1, -0.05) is 25.0 Å². The Morgan fingerprint density at radius 2 is 1.83 bits per heavy atom. The third kappa shape index (κ3) is 6.62. The van der Waals surface area contributed by atoms with Crippen LogP contribution in [0.15, 0.2) is 29.3 Å². The normalized spacial score (nSPS) is 17.0. The number of benzene rings is 1. The van der Waals surface area contributed by atoms with Crippen LogP contribution in [0.4, 0.5) is 0 Å². The molecular formula is C23H38N4O3. The number of hydrogen-bond donors (Lipinski definition) is 3. The van der Waals surface area contributed by atoms with E-state index in [1.54, 1.807) is 4.90 Å². The molecule has 1 amide bonds. The fourth-order valence-electron chi connectivity index (χ4n) is 3.89. The van der Waals surface area contributed by atoms with Crippen molar-refractivity contribution in [2.24, 2.45) is 10.4 Å². The Balaban J connectivity index is 1.99. The first-order valence-corrected chi connectivity index (χ1v) is 11.0. The molecule has 1 aliphatic carbocycles. The summed E-state index contributed by atoms with van der Waals surface area (Å²) in [4.78, 5) is 19.1. The van der Waals surface area contributed by atoms with Gasteiger partial charge in [0, 0.05) is 27.2 Å². The Hall–Kier alpha value is -2.28. The summed E-state index contributed by atoms with van der Waals surface area (Å²) in [5.74, 6) is 1.56. The lowest BCUT2D eigenvalue weighted by molar-refractivity contribution is -0.138. The topological polar surface area (TPSA) is 86.2 Å². The summed E-state index contributed by atoms with van der Waals surface area (Å²) in [6, 6.07) is 7.48. The molecule has 0 aromatic heterocycles. The standard InChI is InChI=1S/C23H38N4O3/c1-6-24-22(26-16-23(13-7-8-14-23)21(29)27(4)5)25-15-20(28)18-9-11-19(12-10-18)30-17(2)3/h9-12,17,20,28H,6-8,13-16H2,1-5H3,(H2,24,25,26). The van der Waals surface area contributed by atoms with Crippen molar-refractivity contribution in [2.45, 2.75) is 58.7 Å². The summed E-state index contributed by atoms with van der Waals surface area (Å²) >= 11 is 0. The molecule has 0 heterocycles. The fraction of sp³-hybridized carbons (Fsp3) is 0.652. The van der Waals surface area contributed by atoms with Crippen molar-refractivity contribution in [3.63, 3.8) is 0 Å². The minimum absolute atomic E-state index is 0.115. The zero-order valence-corrected chi connectivity index (χ0v) is 19.1. The van der Waals surface area contributed by atoms with Gasteiger partial charge < -0.3 is 25.4 Å². The van der Waals surface area contributed by atoms with E-state index in [0.29, 0.717) is 25.6 Å². The first-order chi connectivity index (χ1) is 14.3. The number of carbonyl (C=O) groups excluding carboxylic acids is 1. The van der Waals surface area contributed by atoms with Crippen LogP contribution < -0.4 is 15.4 Å². The zero-order valence-electron chi connectivity index (χ0n) is 19.1. The Morgan fingerprint density at radius 1 is 1.20 bits per heavy atom. The third-order valence-corrected chi connectivity index (χ3v) is 5.40. The van der Waals surface area contributed by atoms with E-state index in [0.717, 1.165) is 37.0 Å². The van der Waals surface area contributed by atoms with Gasteiger partial charge in [-0.2, -0.15) is 0 Å². The van der Waals surface area contributed by atoms with Crippen LogP contribution in [0.1, 0.15) is 58.1 Å². The Kier molecular flexibility index (Phi) is 8.96. The number of aliphatic imine (C=N–C) groups is 1. The smallest absolute Gasteiger partial charge is 0.230 e. The summed E-state index contributed by atoms with van der Waals surface area (Å²) in [7, 11) is 3.62. The van der Waals surface area contributed by atoms with E-state index < -0.39 is 11.5 Å². The second-order valence-corrected chi connectivity index (χ2v) is 8.51. The summed E-state index contributed by atoms with van der Waals surface area (Å²) in [5.41, 5.74) is 0.404. The van der Waals surface area contributed by atoms with E-state index >= 15 is 0 Å². The molecule has 7 heteroatoms. The number of amides is 1. The second-order valence-electron chi connectivity index (χ2n) is 8.51. The predicted octanol–water partition coefficient (Wildman–Crippen LogP) is 2.71. The van der Waals surface area contributed by atoms with E-state index in [9.17, 15) is 9.90 Å². The largest absolute Gasteiger partial charge is 0.491 e. The van der Waals surface area contributed by atoms with Gasteiger partial charge in [0.25, 0.3) is 0 Å². The van der Waals surface area contributed by atoms with E-state index in [-0.39, 0.29) is 12.0 Å². The molecule has 3 N–H and O–H groups in total. The maximum Gasteiger partial charge on any atom is 0.230 e. The summed E-state index contributed by atoms with van der Waals surface area (Å²) in [6.45, 7) is 7.45. The molecular weight excluding hydrogens is 380 g/mol. The number of aliphatic hydroxyl groups is 1. The van der Waals surface area contributed by atoms with Gasteiger partial charge in [0.15, 0.2) is 5.96 Å². The van der Waals surface area contributed by atoms with Crippen molar-refractivity contribution in [3.05, 3.63) is 29.8 Å². The molecule has 1 fully saturated rings. The van der Waals surface area contributed by atoms with Crippen molar-refractivity contribution >= 4 is 11.9 Å². The highest BCUT2D eigenvalue weighted by molar-refractivity contribution is 5.84. The highest BCUT2D eigenvalue weighted by Gasteiger charge is 2.42. The molecule has 1 atom stereocenters. The van der Waals surface area contributed by atoms with Crippen LogP contribution >= 0.6 is 0 Å². The Morgan fingerprint density at radius 3 is 2.37 bits per heavy atom. The van der Waals surface area contributed by atoms with E-state index in [1.165, 1.54) is 0 Å². The van der Waals surface area contributed by atoms with Crippen LogP contribution in [0.3, 0.4) is 0 Å². The number of aliphatic hydroxyl groups excluding tert-OH is 1. The van der Waals surface area contributed by atoms with Crippen molar-refractivity contribution in [3.8, 4) is 5.75 Å². The van der Waals surface area contributed by atoms with Crippen molar-refractivity contribution in [1.82, 2.24) is 15.5 Å². The third-order valence-electron chi connectivity index (χ3n) is 5.40. The molecule has 30 heavy (non-hydrogen) atoms. The quantitative estimate of drug-likeness (QED) is 0.424. The highest BCUT2D eigenvalue weighted by atomic mass is 16.5. The second kappa shape index (κ2) is 11.2. The molecule has 1 aromatic carbocycles. The molecule has 1 unspecified atom stereocenters. The number of hydrogen-bond acceptors (Lipinski definition) is 4. The van der Waals surface area contributed by atoms with Crippen LogP contribution in [0.25, 0.3) is 0 Å². The SMILES string of the molecule is CCNC(=NCC1(C(=O)N(C)C)CCCC1)NCC(O)c1ccc(OC(C)C)cc1. The van der Waals surface area contributed by atoms with Gasteiger partial charge in [0.1, 0.15) is 5.75 Å². The average Bonchev–Trinajstić information content (AvgIpc) is 3.19. The average molecular weight is 419 g/mol. The first-order valence-electron chi connectivity index (χ1n) is 11.0. The molecule has 168 valence electrons. The van der Waals surface area contributed by atoms with Crippen LogP contribution in [0, 0.1) is 5.41 Å². The van der Waals surface area contributed by atoms with E-state index in [2.05, 4.69) is 10.6 Å². The molecule has 0 radical (unpaired) electrons. The predicted molar refractivity (Wildman–Crippen MR) is 121 cm³/mol. The van der Waals surface area contributed by atoms with Gasteiger partial charge in [-0.15, -0.1) is 0 Å². The van der Waals surface area contributed by atoms with E-state index in [1.807, 2.05) is 59.1 Å². The van der Waals surface area contributed by atoms with Gasteiger partial charge in [-0.25, -0.2) is 0 Å². The van der Waals surface area contributed by atoms with Crippen molar-refractivity contribution < 1.29 is 14.6 Å². The van der Waals surface area contributed by atoms with Crippen LogP contribution in [-0.2, 0) is 4.79 Å².